The minimum atomic E-state index is -0.256. The van der Waals surface area contributed by atoms with Gasteiger partial charge in [0.15, 0.2) is 5.16 Å². The monoisotopic (exact) mass is 309 g/mol. The first-order valence-electron chi connectivity index (χ1n) is 7.47. The van der Waals surface area contributed by atoms with Gasteiger partial charge in [0.1, 0.15) is 0 Å². The van der Waals surface area contributed by atoms with Crippen LogP contribution in [0.5, 0.6) is 0 Å². The summed E-state index contributed by atoms with van der Waals surface area (Å²) in [6.07, 6.45) is 4.03. The van der Waals surface area contributed by atoms with E-state index in [-0.39, 0.29) is 17.5 Å². The molecule has 0 aromatic carbocycles. The number of nitrogens with zero attached hydrogens (tertiary/aromatic N) is 3. The van der Waals surface area contributed by atoms with Crippen LogP contribution in [-0.4, -0.2) is 39.2 Å². The van der Waals surface area contributed by atoms with Gasteiger partial charge in [-0.1, -0.05) is 18.7 Å². The summed E-state index contributed by atoms with van der Waals surface area (Å²) >= 11 is 1.35. The smallest absolute Gasteiger partial charge is 0.273 e. The van der Waals surface area contributed by atoms with Crippen molar-refractivity contribution in [2.75, 3.05) is 18.8 Å². The zero-order valence-electron chi connectivity index (χ0n) is 12.9. The van der Waals surface area contributed by atoms with Crippen LogP contribution in [0.15, 0.2) is 22.2 Å². The minimum absolute atomic E-state index is 0.139. The SMILES string of the molecule is CC(C)n1ccc(=O)nc1SCC(=O)N1CCC[C@H](C)C1. The number of hydrogen-bond acceptors (Lipinski definition) is 4. The lowest BCUT2D eigenvalue weighted by Gasteiger charge is -2.30. The standard InChI is InChI=1S/C15H23N3O2S/c1-11(2)18-8-6-13(19)16-15(18)21-10-14(20)17-7-4-5-12(3)9-17/h6,8,11-12H,4-5,7,9-10H2,1-3H3/t12-/m0/s1. The summed E-state index contributed by atoms with van der Waals surface area (Å²) in [6, 6.07) is 1.67. The van der Waals surface area contributed by atoms with Crippen molar-refractivity contribution in [2.45, 2.75) is 44.8 Å². The predicted molar refractivity (Wildman–Crippen MR) is 84.6 cm³/mol. The van der Waals surface area contributed by atoms with Crippen LogP contribution in [0.1, 0.15) is 39.7 Å². The van der Waals surface area contributed by atoms with E-state index >= 15 is 0 Å². The van der Waals surface area contributed by atoms with Gasteiger partial charge in [-0.15, -0.1) is 0 Å². The van der Waals surface area contributed by atoms with Gasteiger partial charge in [-0.25, -0.2) is 0 Å². The van der Waals surface area contributed by atoms with E-state index in [9.17, 15) is 9.59 Å². The van der Waals surface area contributed by atoms with E-state index in [0.29, 0.717) is 16.8 Å². The Labute approximate surface area is 129 Å². The average molecular weight is 309 g/mol. The van der Waals surface area contributed by atoms with Crippen LogP contribution in [0.3, 0.4) is 0 Å². The van der Waals surface area contributed by atoms with Crippen LogP contribution >= 0.6 is 11.8 Å². The van der Waals surface area contributed by atoms with Crippen molar-refractivity contribution < 1.29 is 4.79 Å². The van der Waals surface area contributed by atoms with Gasteiger partial charge in [0, 0.05) is 31.4 Å². The number of rotatable bonds is 4. The number of likely N-dealkylation sites (tertiary alicyclic amines) is 1. The van der Waals surface area contributed by atoms with E-state index < -0.39 is 0 Å². The van der Waals surface area contributed by atoms with E-state index in [1.807, 2.05) is 23.3 Å². The van der Waals surface area contributed by atoms with Gasteiger partial charge in [0.2, 0.25) is 5.91 Å². The third kappa shape index (κ3) is 4.33. The van der Waals surface area contributed by atoms with Crippen molar-refractivity contribution in [3.8, 4) is 0 Å². The maximum atomic E-state index is 12.3. The molecule has 1 fully saturated rings. The van der Waals surface area contributed by atoms with Crippen molar-refractivity contribution in [2.24, 2.45) is 5.92 Å². The Morgan fingerprint density at radius 1 is 1.52 bits per heavy atom. The molecular weight excluding hydrogens is 286 g/mol. The van der Waals surface area contributed by atoms with Gasteiger partial charge in [-0.3, -0.25) is 9.59 Å². The number of thioether (sulfide) groups is 1. The molecule has 2 heterocycles. The molecule has 1 aromatic heterocycles. The zero-order valence-corrected chi connectivity index (χ0v) is 13.7. The Morgan fingerprint density at radius 2 is 2.29 bits per heavy atom. The van der Waals surface area contributed by atoms with Crippen LogP contribution in [0.4, 0.5) is 0 Å². The summed E-state index contributed by atoms with van der Waals surface area (Å²) in [4.78, 5) is 29.7. The molecule has 0 unspecified atom stereocenters. The maximum Gasteiger partial charge on any atom is 0.273 e. The molecule has 1 aliphatic rings. The highest BCUT2D eigenvalue weighted by Crippen LogP contribution is 2.20. The number of aromatic nitrogens is 2. The highest BCUT2D eigenvalue weighted by Gasteiger charge is 2.21. The van der Waals surface area contributed by atoms with Gasteiger partial charge in [-0.2, -0.15) is 4.98 Å². The second-order valence-corrected chi connectivity index (χ2v) is 6.87. The van der Waals surface area contributed by atoms with E-state index in [4.69, 9.17) is 0 Å². The van der Waals surface area contributed by atoms with Crippen LogP contribution in [0, 0.1) is 5.92 Å². The highest BCUT2D eigenvalue weighted by atomic mass is 32.2. The molecule has 0 bridgehead atoms. The third-order valence-corrected chi connectivity index (χ3v) is 4.65. The molecule has 1 amide bonds. The van der Waals surface area contributed by atoms with Gasteiger partial charge >= 0.3 is 0 Å². The molecular formula is C15H23N3O2S. The van der Waals surface area contributed by atoms with E-state index in [1.165, 1.54) is 24.2 Å². The van der Waals surface area contributed by atoms with Gasteiger partial charge in [-0.05, 0) is 32.6 Å². The van der Waals surface area contributed by atoms with Crippen molar-refractivity contribution >= 4 is 17.7 Å². The lowest BCUT2D eigenvalue weighted by molar-refractivity contribution is -0.130. The Kier molecular flexibility index (Phi) is 5.45. The van der Waals surface area contributed by atoms with E-state index in [0.717, 1.165) is 19.5 Å². The van der Waals surface area contributed by atoms with E-state index in [1.54, 1.807) is 6.20 Å². The van der Waals surface area contributed by atoms with Crippen molar-refractivity contribution in [3.63, 3.8) is 0 Å². The van der Waals surface area contributed by atoms with Gasteiger partial charge < -0.3 is 9.47 Å². The largest absolute Gasteiger partial charge is 0.342 e. The number of piperidine rings is 1. The summed E-state index contributed by atoms with van der Waals surface area (Å²) in [5.74, 6) is 1.06. The molecule has 1 atom stereocenters. The summed E-state index contributed by atoms with van der Waals surface area (Å²) in [6.45, 7) is 7.94. The van der Waals surface area contributed by atoms with Crippen LogP contribution < -0.4 is 5.56 Å². The fourth-order valence-electron chi connectivity index (χ4n) is 2.53. The van der Waals surface area contributed by atoms with Crippen molar-refractivity contribution in [3.05, 3.63) is 22.6 Å². The average Bonchev–Trinajstić information content (AvgIpc) is 2.44. The molecule has 5 nitrogen and oxygen atoms in total. The molecule has 6 heteroatoms. The second kappa shape index (κ2) is 7.11. The van der Waals surface area contributed by atoms with Crippen molar-refractivity contribution in [1.82, 2.24) is 14.5 Å². The highest BCUT2D eigenvalue weighted by molar-refractivity contribution is 7.99. The Bertz CT molecular complexity index is 556. The second-order valence-electron chi connectivity index (χ2n) is 5.93. The fourth-order valence-corrected chi connectivity index (χ4v) is 3.54. The Hall–Kier alpha value is -1.30. The summed E-state index contributed by atoms with van der Waals surface area (Å²) < 4.78 is 1.93. The summed E-state index contributed by atoms with van der Waals surface area (Å²) in [5, 5.41) is 0.621. The third-order valence-electron chi connectivity index (χ3n) is 3.70. The molecule has 0 spiro atoms. The molecule has 116 valence electrons. The normalized spacial score (nSPS) is 19.0. The topological polar surface area (TPSA) is 55.2 Å². The van der Waals surface area contributed by atoms with Crippen LogP contribution in [-0.2, 0) is 4.79 Å². The van der Waals surface area contributed by atoms with Crippen LogP contribution in [0.2, 0.25) is 0 Å². The number of carbonyl (C=O) groups excluding carboxylic acids is 1. The van der Waals surface area contributed by atoms with Crippen molar-refractivity contribution in [1.29, 1.82) is 0 Å². The number of amides is 1. The Morgan fingerprint density at radius 3 is 2.95 bits per heavy atom. The van der Waals surface area contributed by atoms with Gasteiger partial charge in [0.25, 0.3) is 5.56 Å². The summed E-state index contributed by atoms with van der Waals surface area (Å²) in [7, 11) is 0. The quantitative estimate of drug-likeness (QED) is 0.632. The molecule has 21 heavy (non-hydrogen) atoms. The number of hydrogen-bond donors (Lipinski definition) is 0. The molecule has 1 aromatic rings. The predicted octanol–water partition coefficient (Wildman–Crippen LogP) is 2.17. The molecule has 2 rings (SSSR count). The van der Waals surface area contributed by atoms with Gasteiger partial charge in [0.05, 0.1) is 5.75 Å². The first-order chi connectivity index (χ1) is 9.97. The molecule has 1 saturated heterocycles. The molecule has 0 aliphatic carbocycles. The number of carbonyl (C=O) groups is 1. The van der Waals surface area contributed by atoms with E-state index in [2.05, 4.69) is 11.9 Å². The Balaban J connectivity index is 2.00. The lowest BCUT2D eigenvalue weighted by atomic mass is 10.0. The lowest BCUT2D eigenvalue weighted by Crippen LogP contribution is -2.40. The molecule has 0 N–H and O–H groups in total. The molecule has 0 radical (unpaired) electrons. The fraction of sp³-hybridized carbons (Fsp3) is 0.667. The zero-order chi connectivity index (χ0) is 15.4. The van der Waals surface area contributed by atoms with Crippen LogP contribution in [0.25, 0.3) is 0 Å². The summed E-state index contributed by atoms with van der Waals surface area (Å²) in [5.41, 5.74) is -0.256. The molecule has 0 saturated carbocycles. The minimum Gasteiger partial charge on any atom is -0.342 e. The first kappa shape index (κ1) is 16.1. The maximum absolute atomic E-state index is 12.3. The molecule has 1 aliphatic heterocycles. The first-order valence-corrected chi connectivity index (χ1v) is 8.45.